The summed E-state index contributed by atoms with van der Waals surface area (Å²) >= 11 is 0. The second-order valence-corrected chi connectivity index (χ2v) is 7.86. The maximum atomic E-state index is 10.7. The molecule has 0 aliphatic heterocycles. The number of aromatic hydroxyl groups is 1. The molecule has 32 heavy (non-hydrogen) atoms. The van der Waals surface area contributed by atoms with Crippen molar-refractivity contribution in [3.8, 4) is 16.9 Å². The zero-order valence-corrected chi connectivity index (χ0v) is 18.7. The molecule has 5 heteroatoms. The van der Waals surface area contributed by atoms with E-state index in [4.69, 9.17) is 10.1 Å². The summed E-state index contributed by atoms with van der Waals surface area (Å²) in [5.41, 5.74) is 5.20. The molecule has 3 aromatic rings. The van der Waals surface area contributed by atoms with Crippen molar-refractivity contribution in [2.24, 2.45) is 0 Å². The average molecular weight is 434 g/mol. The van der Waals surface area contributed by atoms with Gasteiger partial charge in [-0.05, 0) is 49.4 Å². The van der Waals surface area contributed by atoms with Gasteiger partial charge in [0, 0.05) is 22.4 Å². The lowest BCUT2D eigenvalue weighted by molar-refractivity contribution is -0.139. The number of aliphatic hydroxyl groups excluding tert-OH is 1. The highest BCUT2D eigenvalue weighted by Gasteiger charge is 2.29. The maximum absolute atomic E-state index is 10.7. The lowest BCUT2D eigenvalue weighted by Gasteiger charge is -2.15. The molecule has 0 radical (unpaired) electrons. The molecule has 1 atom stereocenters. The molecule has 0 amide bonds. The molecule has 4 rings (SSSR count). The Morgan fingerprint density at radius 1 is 1.12 bits per heavy atom. The summed E-state index contributed by atoms with van der Waals surface area (Å²) in [6, 6.07) is 15.3. The van der Waals surface area contributed by atoms with Crippen LogP contribution in [-0.4, -0.2) is 32.4 Å². The number of aliphatic hydroxyl groups is 1. The fourth-order valence-electron chi connectivity index (χ4n) is 3.81. The molecule has 1 saturated carbocycles. The molecule has 0 bridgehead atoms. The largest absolute Gasteiger partial charge is 0.508 e. The van der Waals surface area contributed by atoms with E-state index < -0.39 is 12.1 Å². The Hall–Kier alpha value is -3.18. The Balaban J connectivity index is 0.00000141. The summed E-state index contributed by atoms with van der Waals surface area (Å²) < 4.78 is 0. The van der Waals surface area contributed by atoms with Gasteiger partial charge < -0.3 is 15.3 Å². The van der Waals surface area contributed by atoms with E-state index in [0.29, 0.717) is 18.8 Å². The number of pyridine rings is 1. The van der Waals surface area contributed by atoms with Gasteiger partial charge in [-0.25, -0.2) is 0 Å². The number of rotatable bonds is 8. The van der Waals surface area contributed by atoms with Crippen molar-refractivity contribution in [3.63, 3.8) is 0 Å². The van der Waals surface area contributed by atoms with Crippen molar-refractivity contribution in [2.75, 3.05) is 0 Å². The number of aliphatic carboxylic acids is 1. The van der Waals surface area contributed by atoms with Crippen molar-refractivity contribution in [2.45, 2.75) is 58.0 Å². The second-order valence-electron chi connectivity index (χ2n) is 7.86. The third kappa shape index (κ3) is 5.74. The topological polar surface area (TPSA) is 90.7 Å². The van der Waals surface area contributed by atoms with Crippen molar-refractivity contribution < 1.29 is 20.1 Å². The smallest absolute Gasteiger partial charge is 0.305 e. The van der Waals surface area contributed by atoms with Crippen LogP contribution in [0, 0.1) is 0 Å². The number of carboxylic acids is 1. The predicted octanol–water partition coefficient (Wildman–Crippen LogP) is 6.14. The molecule has 1 aliphatic rings. The number of carboxylic acid groups (broad SMARTS) is 1. The number of allylic oxidation sites excluding steroid dienone is 1. The molecule has 5 nitrogen and oxygen atoms in total. The van der Waals surface area contributed by atoms with Gasteiger partial charge in [0.2, 0.25) is 0 Å². The van der Waals surface area contributed by atoms with E-state index in [1.54, 1.807) is 12.1 Å². The van der Waals surface area contributed by atoms with E-state index in [0.717, 1.165) is 46.1 Å². The molecule has 3 N–H and O–H groups in total. The molecule has 2 aromatic carbocycles. The fourth-order valence-corrected chi connectivity index (χ4v) is 3.81. The van der Waals surface area contributed by atoms with Gasteiger partial charge in [0.1, 0.15) is 5.75 Å². The molecular weight excluding hydrogens is 402 g/mol. The Morgan fingerprint density at radius 3 is 2.47 bits per heavy atom. The molecule has 1 fully saturated rings. The molecule has 0 saturated heterocycles. The average Bonchev–Trinajstić information content (AvgIpc) is 3.63. The van der Waals surface area contributed by atoms with Crippen LogP contribution >= 0.6 is 0 Å². The number of phenols is 1. The zero-order valence-electron chi connectivity index (χ0n) is 18.7. The summed E-state index contributed by atoms with van der Waals surface area (Å²) in [7, 11) is 0. The highest BCUT2D eigenvalue weighted by atomic mass is 16.4. The Kier molecular flexibility index (Phi) is 8.01. The molecule has 168 valence electrons. The number of hydrogen-bond acceptors (Lipinski definition) is 4. The van der Waals surface area contributed by atoms with E-state index in [2.05, 4.69) is 12.1 Å². The number of phenolic OH excluding ortho intramolecular Hbond substituents is 1. The van der Waals surface area contributed by atoms with Crippen LogP contribution in [0.4, 0.5) is 0 Å². The number of carbonyl (C=O) groups is 1. The van der Waals surface area contributed by atoms with Crippen LogP contribution in [0.15, 0.2) is 54.6 Å². The number of fused-ring (bicyclic) bond motifs is 1. The first kappa shape index (κ1) is 23.5. The van der Waals surface area contributed by atoms with E-state index in [9.17, 15) is 15.0 Å². The second kappa shape index (κ2) is 10.9. The lowest BCUT2D eigenvalue weighted by atomic mass is 9.92. The van der Waals surface area contributed by atoms with Gasteiger partial charge in [-0.2, -0.15) is 0 Å². The number of hydrogen-bond donors (Lipinski definition) is 3. The van der Waals surface area contributed by atoms with Gasteiger partial charge in [-0.3, -0.25) is 9.78 Å². The molecule has 1 aromatic heterocycles. The van der Waals surface area contributed by atoms with Gasteiger partial charge in [-0.1, -0.05) is 56.3 Å². The van der Waals surface area contributed by atoms with Gasteiger partial charge in [0.25, 0.3) is 0 Å². The summed E-state index contributed by atoms with van der Waals surface area (Å²) in [4.78, 5) is 15.7. The van der Waals surface area contributed by atoms with Gasteiger partial charge >= 0.3 is 5.97 Å². The predicted molar refractivity (Wildman–Crippen MR) is 129 cm³/mol. The summed E-state index contributed by atoms with van der Waals surface area (Å²) in [5.74, 6) is -0.317. The molecule has 1 unspecified atom stereocenters. The minimum Gasteiger partial charge on any atom is -0.508 e. The lowest BCUT2D eigenvalue weighted by Crippen LogP contribution is -2.12. The van der Waals surface area contributed by atoms with Crippen LogP contribution in [-0.2, 0) is 4.79 Å². The highest BCUT2D eigenvalue weighted by molar-refractivity contribution is 5.99. The minimum atomic E-state index is -0.990. The van der Waals surface area contributed by atoms with Crippen LogP contribution in [0.5, 0.6) is 5.75 Å². The number of benzene rings is 2. The van der Waals surface area contributed by atoms with Crippen LogP contribution < -0.4 is 0 Å². The van der Waals surface area contributed by atoms with Gasteiger partial charge in [0.05, 0.1) is 23.7 Å². The zero-order chi connectivity index (χ0) is 23.1. The van der Waals surface area contributed by atoms with E-state index in [1.807, 2.05) is 50.3 Å². The number of aromatic nitrogens is 1. The standard InChI is InChI=1S/C25H25NO4.C2H6/c27-18-13-11-16(12-14-18)24-20-6-3-4-8-22(20)26-25(17-9-10-17)21(24)7-2-1-5-19(28)15-23(29)30;1-2/h2-4,6-8,11-14,17,19,27-28H,1,5,9-10,15H2,(H,29,30);1-2H3/b7-2+;. The van der Waals surface area contributed by atoms with Crippen LogP contribution in [0.3, 0.4) is 0 Å². The molecule has 0 spiro atoms. The van der Waals surface area contributed by atoms with Crippen molar-refractivity contribution in [1.29, 1.82) is 0 Å². The number of nitrogens with zero attached hydrogens (tertiary/aromatic N) is 1. The van der Waals surface area contributed by atoms with Crippen molar-refractivity contribution >= 4 is 22.9 Å². The van der Waals surface area contributed by atoms with Crippen molar-refractivity contribution in [3.05, 3.63) is 65.9 Å². The maximum Gasteiger partial charge on any atom is 0.305 e. The Morgan fingerprint density at radius 2 is 1.81 bits per heavy atom. The first-order valence-electron chi connectivity index (χ1n) is 11.3. The minimum absolute atomic E-state index is 0.226. The van der Waals surface area contributed by atoms with E-state index >= 15 is 0 Å². The SMILES string of the molecule is CC.O=C(O)CC(O)CC/C=C/c1c(C2CC2)nc2ccccc2c1-c1ccc(O)cc1. The molecular formula is C27H31NO4. The third-order valence-corrected chi connectivity index (χ3v) is 5.44. The number of para-hydroxylation sites is 1. The first-order chi connectivity index (χ1) is 15.5. The van der Waals surface area contributed by atoms with Crippen molar-refractivity contribution in [1.82, 2.24) is 4.98 Å². The van der Waals surface area contributed by atoms with Crippen LogP contribution in [0.25, 0.3) is 28.1 Å². The van der Waals surface area contributed by atoms with E-state index in [1.165, 1.54) is 0 Å². The molecule has 1 aliphatic carbocycles. The quantitative estimate of drug-likeness (QED) is 0.397. The van der Waals surface area contributed by atoms with Crippen LogP contribution in [0.1, 0.15) is 63.1 Å². The first-order valence-corrected chi connectivity index (χ1v) is 11.3. The van der Waals surface area contributed by atoms with Crippen LogP contribution in [0.2, 0.25) is 0 Å². The van der Waals surface area contributed by atoms with Gasteiger partial charge in [0.15, 0.2) is 0 Å². The normalized spacial score (nSPS) is 14.2. The highest BCUT2D eigenvalue weighted by Crippen LogP contribution is 2.45. The van der Waals surface area contributed by atoms with E-state index in [-0.39, 0.29) is 12.2 Å². The Bertz CT molecular complexity index is 1080. The van der Waals surface area contributed by atoms with Gasteiger partial charge in [-0.15, -0.1) is 0 Å². The summed E-state index contributed by atoms with van der Waals surface area (Å²) in [6.45, 7) is 4.00. The fraction of sp³-hybridized carbons (Fsp3) is 0.333. The Labute approximate surface area is 189 Å². The summed E-state index contributed by atoms with van der Waals surface area (Å²) in [5, 5.41) is 29.4. The monoisotopic (exact) mass is 433 g/mol. The summed E-state index contributed by atoms with van der Waals surface area (Å²) in [6.07, 6.45) is 6.20. The molecule has 1 heterocycles. The third-order valence-electron chi connectivity index (χ3n) is 5.44.